The van der Waals surface area contributed by atoms with Gasteiger partial charge in [-0.3, -0.25) is 9.59 Å². The van der Waals surface area contributed by atoms with Crippen LogP contribution >= 0.6 is 35.0 Å². The topological polar surface area (TPSA) is 118 Å². The predicted molar refractivity (Wildman–Crippen MR) is 137 cm³/mol. The van der Waals surface area contributed by atoms with Crippen LogP contribution in [-0.2, 0) is 9.59 Å². The fourth-order valence-corrected chi connectivity index (χ4v) is 3.55. The lowest BCUT2D eigenvalue weighted by atomic mass is 10.2. The maximum absolute atomic E-state index is 12.1. The average Bonchev–Trinajstić information content (AvgIpc) is 2.83. The number of aryl methyl sites for hydroxylation is 1. The normalized spacial score (nSPS) is 11.1. The number of hydrazone groups is 2. The molecule has 0 fully saturated rings. The Labute approximate surface area is 216 Å². The zero-order chi connectivity index (χ0) is 25.0. The van der Waals surface area contributed by atoms with Gasteiger partial charge in [-0.1, -0.05) is 71.4 Å². The van der Waals surface area contributed by atoms with Crippen LogP contribution in [0.25, 0.3) is 0 Å². The molecule has 0 aliphatic heterocycles. The summed E-state index contributed by atoms with van der Waals surface area (Å²) >= 11 is 13.2. The minimum absolute atomic E-state index is 0.0278. The van der Waals surface area contributed by atoms with Gasteiger partial charge < -0.3 is 4.74 Å². The van der Waals surface area contributed by atoms with Crippen LogP contribution in [-0.4, -0.2) is 46.6 Å². The van der Waals surface area contributed by atoms with Crippen molar-refractivity contribution >= 4 is 59.2 Å². The summed E-state index contributed by atoms with van der Waals surface area (Å²) < 4.78 is 5.43. The van der Waals surface area contributed by atoms with Gasteiger partial charge >= 0.3 is 0 Å². The van der Waals surface area contributed by atoms with Crippen molar-refractivity contribution in [3.63, 3.8) is 0 Å². The lowest BCUT2D eigenvalue weighted by Gasteiger charge is -2.07. The lowest BCUT2D eigenvalue weighted by molar-refractivity contribution is -0.123. The molecule has 3 aromatic rings. The van der Waals surface area contributed by atoms with E-state index in [1.54, 1.807) is 49.4 Å². The number of nitrogens with one attached hydrogen (secondary N) is 2. The highest BCUT2D eigenvalue weighted by molar-refractivity contribution is 7.99. The molecule has 2 amide bonds. The van der Waals surface area contributed by atoms with E-state index >= 15 is 0 Å². The molecular formula is C23H20Cl2N6O3S. The first-order chi connectivity index (χ1) is 16.9. The Bertz CT molecular complexity index is 1160. The summed E-state index contributed by atoms with van der Waals surface area (Å²) in [5.41, 5.74) is 6.75. The maximum atomic E-state index is 12.1. The Kier molecular flexibility index (Phi) is 10.0. The molecule has 0 unspecified atom stereocenters. The Balaban J connectivity index is 1.45. The second kappa shape index (κ2) is 13.4. The number of carbonyl (C=O) groups excluding carboxylic acids is 2. The number of benzene rings is 2. The summed E-state index contributed by atoms with van der Waals surface area (Å²) in [6, 6.07) is 15.8. The van der Waals surface area contributed by atoms with Crippen LogP contribution in [0.2, 0.25) is 10.0 Å². The van der Waals surface area contributed by atoms with Gasteiger partial charge in [-0.25, -0.2) is 15.8 Å². The number of aromatic nitrogens is 2. The number of hydrogen-bond acceptors (Lipinski definition) is 8. The summed E-state index contributed by atoms with van der Waals surface area (Å²) in [6.07, 6.45) is 2.90. The van der Waals surface area contributed by atoms with Gasteiger partial charge in [0.05, 0.1) is 18.2 Å². The number of amides is 2. The third kappa shape index (κ3) is 9.01. The highest BCUT2D eigenvalue weighted by Crippen LogP contribution is 2.18. The first kappa shape index (κ1) is 26.1. The number of halogens is 2. The summed E-state index contributed by atoms with van der Waals surface area (Å²) in [5.74, 6) is -0.599. The minimum Gasteiger partial charge on any atom is -0.467 e. The molecule has 0 saturated heterocycles. The Morgan fingerprint density at radius 2 is 1.51 bits per heavy atom. The molecule has 12 heteroatoms. The standard InChI is InChI=1S/C23H20Cl2N6O3S/c1-15-10-22(34-13-20(32)30-26-11-16-6-2-4-8-18(16)24)29-23(28-15)35-14-21(33)31-27-12-17-7-3-5-9-19(17)25/h2-12H,13-14H2,1H3,(H,30,32)(H,31,33)/b26-11-,27-12-. The maximum Gasteiger partial charge on any atom is 0.278 e. The quantitative estimate of drug-likeness (QED) is 0.178. The van der Waals surface area contributed by atoms with Crippen molar-refractivity contribution in [1.29, 1.82) is 0 Å². The second-order valence-corrected chi connectivity index (χ2v) is 8.59. The van der Waals surface area contributed by atoms with Crippen LogP contribution in [0.4, 0.5) is 0 Å². The van der Waals surface area contributed by atoms with Crippen molar-refractivity contribution in [2.24, 2.45) is 10.2 Å². The van der Waals surface area contributed by atoms with E-state index in [0.29, 0.717) is 32.0 Å². The first-order valence-electron chi connectivity index (χ1n) is 10.1. The van der Waals surface area contributed by atoms with Crippen molar-refractivity contribution in [3.8, 4) is 5.88 Å². The molecule has 35 heavy (non-hydrogen) atoms. The predicted octanol–water partition coefficient (Wildman–Crippen LogP) is 3.86. The van der Waals surface area contributed by atoms with Gasteiger partial charge in [0, 0.05) is 32.9 Å². The average molecular weight is 531 g/mol. The smallest absolute Gasteiger partial charge is 0.278 e. The third-order valence-corrected chi connectivity index (χ3v) is 5.63. The molecule has 0 radical (unpaired) electrons. The molecule has 0 atom stereocenters. The molecule has 180 valence electrons. The molecule has 2 N–H and O–H groups in total. The van der Waals surface area contributed by atoms with Crippen LogP contribution in [0.3, 0.4) is 0 Å². The van der Waals surface area contributed by atoms with Gasteiger partial charge in [-0.05, 0) is 19.1 Å². The number of ether oxygens (including phenoxy) is 1. The summed E-state index contributed by atoms with van der Waals surface area (Å²) in [7, 11) is 0. The van der Waals surface area contributed by atoms with Crippen LogP contribution in [0, 0.1) is 6.92 Å². The van der Waals surface area contributed by atoms with Gasteiger partial charge in [0.25, 0.3) is 11.8 Å². The van der Waals surface area contributed by atoms with E-state index in [9.17, 15) is 9.59 Å². The van der Waals surface area contributed by atoms with Crippen molar-refractivity contribution < 1.29 is 14.3 Å². The number of carbonyl (C=O) groups is 2. The summed E-state index contributed by atoms with van der Waals surface area (Å²) in [5, 5.41) is 9.12. The van der Waals surface area contributed by atoms with E-state index in [4.69, 9.17) is 27.9 Å². The molecule has 1 heterocycles. The summed E-state index contributed by atoms with van der Waals surface area (Å²) in [4.78, 5) is 32.5. The van der Waals surface area contributed by atoms with E-state index in [0.717, 1.165) is 11.8 Å². The van der Waals surface area contributed by atoms with Crippen molar-refractivity contribution in [3.05, 3.63) is 81.5 Å². The zero-order valence-corrected chi connectivity index (χ0v) is 20.8. The number of nitrogens with zero attached hydrogens (tertiary/aromatic N) is 4. The molecule has 0 bridgehead atoms. The van der Waals surface area contributed by atoms with Gasteiger partial charge in [-0.15, -0.1) is 0 Å². The number of thioether (sulfide) groups is 1. The largest absolute Gasteiger partial charge is 0.467 e. The van der Waals surface area contributed by atoms with Gasteiger partial charge in [0.1, 0.15) is 0 Å². The van der Waals surface area contributed by atoms with Gasteiger partial charge in [0.15, 0.2) is 11.8 Å². The molecule has 0 saturated carbocycles. The summed E-state index contributed by atoms with van der Waals surface area (Å²) in [6.45, 7) is 1.44. The fraction of sp³-hybridized carbons (Fsp3) is 0.130. The lowest BCUT2D eigenvalue weighted by Crippen LogP contribution is -2.25. The van der Waals surface area contributed by atoms with Crippen LogP contribution in [0.15, 0.2) is 70.0 Å². The Hall–Kier alpha value is -3.47. The first-order valence-corrected chi connectivity index (χ1v) is 11.9. The molecule has 2 aromatic carbocycles. The highest BCUT2D eigenvalue weighted by Gasteiger charge is 2.09. The third-order valence-electron chi connectivity index (χ3n) is 4.09. The van der Waals surface area contributed by atoms with Crippen molar-refractivity contribution in [2.75, 3.05) is 12.4 Å². The minimum atomic E-state index is -0.477. The van der Waals surface area contributed by atoms with Crippen LogP contribution in [0.5, 0.6) is 5.88 Å². The Morgan fingerprint density at radius 3 is 2.11 bits per heavy atom. The van der Waals surface area contributed by atoms with Crippen LogP contribution < -0.4 is 15.6 Å². The molecule has 0 aliphatic carbocycles. The van der Waals surface area contributed by atoms with Crippen molar-refractivity contribution in [2.45, 2.75) is 12.1 Å². The number of rotatable bonds is 10. The van der Waals surface area contributed by atoms with E-state index in [-0.39, 0.29) is 24.1 Å². The molecular weight excluding hydrogens is 511 g/mol. The van der Waals surface area contributed by atoms with Gasteiger partial charge in [-0.2, -0.15) is 15.2 Å². The van der Waals surface area contributed by atoms with E-state index in [1.165, 1.54) is 12.4 Å². The van der Waals surface area contributed by atoms with Gasteiger partial charge in [0.2, 0.25) is 5.88 Å². The molecule has 0 aliphatic rings. The van der Waals surface area contributed by atoms with E-state index in [2.05, 4.69) is 31.0 Å². The second-order valence-electron chi connectivity index (χ2n) is 6.84. The van der Waals surface area contributed by atoms with E-state index < -0.39 is 5.91 Å². The fourth-order valence-electron chi connectivity index (χ4n) is 2.49. The number of hydrogen-bond donors (Lipinski definition) is 2. The SMILES string of the molecule is Cc1cc(OCC(=O)N/N=C\c2ccccc2Cl)nc(SCC(=O)N/N=C\c2ccccc2Cl)n1. The highest BCUT2D eigenvalue weighted by atomic mass is 35.5. The molecule has 3 rings (SSSR count). The van der Waals surface area contributed by atoms with E-state index in [1.807, 2.05) is 12.1 Å². The van der Waals surface area contributed by atoms with Crippen molar-refractivity contribution in [1.82, 2.24) is 20.8 Å². The molecule has 9 nitrogen and oxygen atoms in total. The molecule has 0 spiro atoms. The Morgan fingerprint density at radius 1 is 0.943 bits per heavy atom. The monoisotopic (exact) mass is 530 g/mol. The zero-order valence-electron chi connectivity index (χ0n) is 18.4. The van der Waals surface area contributed by atoms with Crippen LogP contribution in [0.1, 0.15) is 16.8 Å². The molecule has 1 aromatic heterocycles.